The van der Waals surface area contributed by atoms with Gasteiger partial charge >= 0.3 is 6.61 Å². The van der Waals surface area contributed by atoms with Crippen molar-refractivity contribution in [1.82, 2.24) is 9.88 Å². The zero-order valence-electron chi connectivity index (χ0n) is 25.4. The first-order valence-electron chi connectivity index (χ1n) is 15.5. The fourth-order valence-corrected chi connectivity index (χ4v) is 8.22. The van der Waals surface area contributed by atoms with Gasteiger partial charge in [-0.05, 0) is 87.6 Å². The molecular weight excluding hydrogens is 564 g/mol. The van der Waals surface area contributed by atoms with Gasteiger partial charge in [-0.25, -0.2) is 13.8 Å². The van der Waals surface area contributed by atoms with Gasteiger partial charge < -0.3 is 14.4 Å². The van der Waals surface area contributed by atoms with E-state index in [4.69, 9.17) is 4.74 Å². The van der Waals surface area contributed by atoms with Crippen LogP contribution in [0.3, 0.4) is 0 Å². The van der Waals surface area contributed by atoms with Crippen LogP contribution < -0.4 is 4.74 Å². The number of carbonyl (C=O) groups excluding carboxylic acids is 1. The highest BCUT2D eigenvalue weighted by molar-refractivity contribution is 7.15. The van der Waals surface area contributed by atoms with E-state index in [-0.39, 0.29) is 24.1 Å². The summed E-state index contributed by atoms with van der Waals surface area (Å²) < 4.78 is 61.2. The molecule has 2 unspecified atom stereocenters. The van der Waals surface area contributed by atoms with Crippen molar-refractivity contribution in [3.05, 3.63) is 34.8 Å². The Morgan fingerprint density at radius 1 is 1.19 bits per heavy atom. The Labute approximate surface area is 252 Å². The lowest BCUT2D eigenvalue weighted by molar-refractivity contribution is -0.119. The molecule has 0 amide bonds. The highest BCUT2D eigenvalue weighted by Crippen LogP contribution is 2.46. The van der Waals surface area contributed by atoms with Gasteiger partial charge in [-0.1, -0.05) is 52.5 Å². The van der Waals surface area contributed by atoms with Gasteiger partial charge in [0.25, 0.3) is 5.92 Å². The van der Waals surface area contributed by atoms with Crippen molar-refractivity contribution in [3.63, 3.8) is 0 Å². The molecule has 1 aliphatic carbocycles. The van der Waals surface area contributed by atoms with Crippen molar-refractivity contribution in [1.29, 1.82) is 0 Å². The van der Waals surface area contributed by atoms with Gasteiger partial charge in [0.15, 0.2) is 0 Å². The quantitative estimate of drug-likeness (QED) is 0.188. The first-order valence-corrected chi connectivity index (χ1v) is 16.3. The van der Waals surface area contributed by atoms with Crippen molar-refractivity contribution >= 4 is 17.6 Å². The molecule has 2 aliphatic rings. The number of carbonyl (C=O) groups is 1. The highest BCUT2D eigenvalue weighted by Gasteiger charge is 2.44. The van der Waals surface area contributed by atoms with Crippen molar-refractivity contribution in [2.75, 3.05) is 20.1 Å². The Morgan fingerprint density at radius 2 is 1.98 bits per heavy atom. The van der Waals surface area contributed by atoms with Crippen LogP contribution in [0.5, 0.6) is 5.75 Å². The normalized spacial score (nSPS) is 27.1. The number of ether oxygens (including phenoxy) is 1. The minimum atomic E-state index is -3.03. The standard InChI is InChI=1S/C33H46F4N2O2S/c1-5-14-32(21-40)17-23(7-6-8-25(18-32)22(2)3)9-11-26-19-38-30(42-26)27-16-24(10-12-29(27)41-31(34)35)28-13-15-39(4)20-33(28,36)37/h10,12,16,19,21-23,25,28,31H,5-9,11,13-15,17-18,20H2,1-4H3/t23?,25-,28?,32-/m0/s1. The second-order valence-electron chi connectivity index (χ2n) is 13.1. The molecule has 4 atom stereocenters. The van der Waals surface area contributed by atoms with Crippen LogP contribution in [0.1, 0.15) is 94.9 Å². The molecule has 1 aliphatic heterocycles. The minimum Gasteiger partial charge on any atom is -0.434 e. The number of alkyl halides is 4. The summed E-state index contributed by atoms with van der Waals surface area (Å²) in [5, 5.41) is 0.490. The summed E-state index contributed by atoms with van der Waals surface area (Å²) in [6.07, 6.45) is 12.1. The monoisotopic (exact) mass is 610 g/mol. The van der Waals surface area contributed by atoms with Gasteiger partial charge in [0.1, 0.15) is 17.0 Å². The number of hydrogen-bond acceptors (Lipinski definition) is 5. The SMILES string of the molecule is CCC[C@]1(C=O)CC(CCc2cnc(-c3cc(C4CCN(C)CC4(F)F)ccc3OC(F)F)s2)CCC[C@H](C(C)C)C1. The smallest absolute Gasteiger partial charge is 0.387 e. The predicted octanol–water partition coefficient (Wildman–Crippen LogP) is 9.24. The third kappa shape index (κ3) is 8.13. The van der Waals surface area contributed by atoms with Gasteiger partial charge in [0, 0.05) is 16.5 Å². The van der Waals surface area contributed by atoms with Crippen LogP contribution in [0.25, 0.3) is 10.6 Å². The second-order valence-corrected chi connectivity index (χ2v) is 14.2. The van der Waals surface area contributed by atoms with Crippen molar-refractivity contribution in [2.24, 2.45) is 23.2 Å². The number of rotatable bonds is 11. The third-order valence-corrected chi connectivity index (χ3v) is 10.6. The molecule has 2 aromatic rings. The maximum atomic E-state index is 14.9. The number of aromatic nitrogens is 1. The molecule has 1 aromatic carbocycles. The zero-order chi connectivity index (χ0) is 30.5. The molecule has 0 bridgehead atoms. The average Bonchev–Trinajstić information content (AvgIpc) is 3.38. The summed E-state index contributed by atoms with van der Waals surface area (Å²) in [6.45, 7) is 3.84. The van der Waals surface area contributed by atoms with Crippen molar-refractivity contribution in [3.8, 4) is 16.3 Å². The minimum absolute atomic E-state index is 0.0547. The lowest BCUT2D eigenvalue weighted by Gasteiger charge is -2.39. The van der Waals surface area contributed by atoms with E-state index in [0.717, 1.165) is 62.7 Å². The second kappa shape index (κ2) is 14.2. The molecule has 0 spiro atoms. The molecule has 4 nitrogen and oxygen atoms in total. The average molecular weight is 611 g/mol. The number of halogens is 4. The number of aldehydes is 1. The Morgan fingerprint density at radius 3 is 2.64 bits per heavy atom. The van der Waals surface area contributed by atoms with E-state index < -0.39 is 18.5 Å². The Hall–Kier alpha value is -2.00. The highest BCUT2D eigenvalue weighted by atomic mass is 32.1. The first-order chi connectivity index (χ1) is 19.9. The Balaban J connectivity index is 1.52. The summed E-state index contributed by atoms with van der Waals surface area (Å²) in [4.78, 5) is 19.6. The fraction of sp³-hybridized carbons (Fsp3) is 0.697. The summed E-state index contributed by atoms with van der Waals surface area (Å²) in [5.41, 5.74) is 0.468. The summed E-state index contributed by atoms with van der Waals surface area (Å²) in [7, 11) is 1.67. The van der Waals surface area contributed by atoms with Crippen LogP contribution in [-0.4, -0.2) is 48.8 Å². The van der Waals surface area contributed by atoms with E-state index in [2.05, 4.69) is 25.8 Å². The topological polar surface area (TPSA) is 42.4 Å². The van der Waals surface area contributed by atoms with E-state index in [1.165, 1.54) is 29.8 Å². The molecular formula is C33H46F4N2O2S. The third-order valence-electron chi connectivity index (χ3n) is 9.49. The van der Waals surface area contributed by atoms with Crippen molar-refractivity contribution < 1.29 is 27.1 Å². The van der Waals surface area contributed by atoms with Gasteiger partial charge in [0.05, 0.1) is 18.0 Å². The van der Waals surface area contributed by atoms with Crippen LogP contribution in [0.15, 0.2) is 24.4 Å². The summed E-state index contributed by atoms with van der Waals surface area (Å²) in [6, 6.07) is 4.42. The van der Waals surface area contributed by atoms with Gasteiger partial charge in [-0.15, -0.1) is 11.3 Å². The molecule has 234 valence electrons. The summed E-state index contributed by atoms with van der Waals surface area (Å²) >= 11 is 1.40. The number of benzene rings is 1. The molecule has 9 heteroatoms. The number of thiazole rings is 1. The molecule has 42 heavy (non-hydrogen) atoms. The Bertz CT molecular complexity index is 1170. The predicted molar refractivity (Wildman–Crippen MR) is 161 cm³/mol. The molecule has 0 N–H and O–H groups in total. The first kappa shape index (κ1) is 32.9. The van der Waals surface area contributed by atoms with E-state index in [1.807, 2.05) is 0 Å². The molecule has 0 radical (unpaired) electrons. The van der Waals surface area contributed by atoms with E-state index in [0.29, 0.717) is 40.4 Å². The maximum absolute atomic E-state index is 14.9. The van der Waals surface area contributed by atoms with Crippen molar-refractivity contribution in [2.45, 2.75) is 103 Å². The molecule has 2 fully saturated rings. The maximum Gasteiger partial charge on any atom is 0.387 e. The van der Waals surface area contributed by atoms with Crippen LogP contribution in [0.2, 0.25) is 0 Å². The molecule has 4 rings (SSSR count). The lowest BCUT2D eigenvalue weighted by Crippen LogP contribution is -2.45. The van der Waals surface area contributed by atoms with Crippen LogP contribution in [0.4, 0.5) is 17.6 Å². The van der Waals surface area contributed by atoms with E-state index >= 15 is 0 Å². The fourth-order valence-electron chi connectivity index (χ4n) is 7.27. The Kier molecular flexibility index (Phi) is 11.1. The largest absolute Gasteiger partial charge is 0.434 e. The molecule has 1 aromatic heterocycles. The summed E-state index contributed by atoms with van der Waals surface area (Å²) in [5.74, 6) is -2.42. The number of nitrogens with zero attached hydrogens (tertiary/aromatic N) is 2. The number of likely N-dealkylation sites (tertiary alicyclic amines) is 1. The van der Waals surface area contributed by atoms with Gasteiger partial charge in [0.2, 0.25) is 0 Å². The molecule has 2 heterocycles. The molecule has 1 saturated carbocycles. The zero-order valence-corrected chi connectivity index (χ0v) is 26.2. The number of piperidine rings is 1. The van der Waals surface area contributed by atoms with Crippen LogP contribution >= 0.6 is 11.3 Å². The van der Waals surface area contributed by atoms with Crippen LogP contribution in [-0.2, 0) is 11.2 Å². The van der Waals surface area contributed by atoms with Gasteiger partial charge in [-0.3, -0.25) is 0 Å². The van der Waals surface area contributed by atoms with E-state index in [9.17, 15) is 22.4 Å². The van der Waals surface area contributed by atoms with Gasteiger partial charge in [-0.2, -0.15) is 8.78 Å². The number of aryl methyl sites for hydroxylation is 1. The number of hydrogen-bond donors (Lipinski definition) is 0. The van der Waals surface area contributed by atoms with E-state index in [1.54, 1.807) is 24.2 Å². The molecule has 1 saturated heterocycles. The lowest BCUT2D eigenvalue weighted by atomic mass is 9.65. The van der Waals surface area contributed by atoms with Crippen LogP contribution in [0, 0.1) is 23.2 Å².